The van der Waals surface area contributed by atoms with Gasteiger partial charge in [-0.05, 0) is 166 Å². The fourth-order valence-electron chi connectivity index (χ4n) is 10.9. The Morgan fingerprint density at radius 1 is 0.471 bits per heavy atom. The zero-order valence-corrected chi connectivity index (χ0v) is 38.8. The van der Waals surface area contributed by atoms with Crippen LogP contribution < -0.4 is 5.32 Å². The third kappa shape index (κ3) is 7.02. The van der Waals surface area contributed by atoms with Gasteiger partial charge in [0.25, 0.3) is 0 Å². The van der Waals surface area contributed by atoms with Gasteiger partial charge in [0, 0.05) is 17.3 Å². The Morgan fingerprint density at radius 3 is 1.54 bits per heavy atom. The van der Waals surface area contributed by atoms with Gasteiger partial charge in [-0.3, -0.25) is 4.98 Å². The number of para-hydroxylation sites is 1. The molecule has 0 saturated heterocycles. The molecule has 0 fully saturated rings. The number of aryl methyl sites for hydroxylation is 1. The molecule has 0 amide bonds. The minimum Gasteiger partial charge on any atom is -0.379 e. The van der Waals surface area contributed by atoms with Crippen molar-refractivity contribution in [1.29, 1.82) is 0 Å². The average Bonchev–Trinajstić information content (AvgIpc) is 3.72. The van der Waals surface area contributed by atoms with Crippen LogP contribution in [0.4, 0.5) is 0 Å². The van der Waals surface area contributed by atoms with Crippen molar-refractivity contribution in [2.75, 3.05) is 0 Å². The number of allylic oxidation sites excluding steroid dienone is 2. The van der Waals surface area contributed by atoms with E-state index in [1.165, 1.54) is 98.5 Å². The van der Waals surface area contributed by atoms with Crippen LogP contribution in [0.3, 0.4) is 0 Å². The first-order valence-electron chi connectivity index (χ1n) is 24.1. The highest BCUT2D eigenvalue weighted by molar-refractivity contribution is 6.22. The Bertz CT molecular complexity index is 4100. The van der Waals surface area contributed by atoms with Crippen LogP contribution in [0.2, 0.25) is 0 Å². The summed E-state index contributed by atoms with van der Waals surface area (Å²) in [6.07, 6.45) is 10.5. The number of dihydropyridines is 1. The molecule has 1 atom stereocenters. The number of hydrogen-bond donors (Lipinski definition) is 1. The van der Waals surface area contributed by atoms with Gasteiger partial charge in [-0.15, -0.1) is 0 Å². The lowest BCUT2D eigenvalue weighted by atomic mass is 9.84. The number of aromatic nitrogens is 2. The Balaban J connectivity index is 0.913. The molecular weight excluding hydrogens is 847 g/mol. The summed E-state index contributed by atoms with van der Waals surface area (Å²) in [5.41, 5.74) is 17.5. The topological polar surface area (TPSA) is 29.9 Å². The van der Waals surface area contributed by atoms with Gasteiger partial charge in [0.1, 0.15) is 0 Å². The second-order valence-electron chi connectivity index (χ2n) is 18.5. The molecule has 1 aliphatic rings. The molecule has 0 bridgehead atoms. The molecule has 70 heavy (non-hydrogen) atoms. The Kier molecular flexibility index (Phi) is 9.95. The van der Waals surface area contributed by atoms with Crippen molar-refractivity contribution in [1.82, 2.24) is 14.9 Å². The van der Waals surface area contributed by atoms with Crippen LogP contribution in [0, 0.1) is 6.92 Å². The molecule has 2 aromatic heterocycles. The summed E-state index contributed by atoms with van der Waals surface area (Å²) in [5, 5.41) is 14.7. The molecule has 3 nitrogen and oxygen atoms in total. The van der Waals surface area contributed by atoms with Gasteiger partial charge >= 0.3 is 0 Å². The van der Waals surface area contributed by atoms with Crippen LogP contribution >= 0.6 is 0 Å². The fraction of sp³-hybridized carbons (Fsp3) is 0.0299. The van der Waals surface area contributed by atoms with E-state index in [0.717, 1.165) is 33.7 Å². The molecule has 330 valence electrons. The number of nitrogens with zero attached hydrogens (tertiary/aromatic N) is 2. The first kappa shape index (κ1) is 41.2. The van der Waals surface area contributed by atoms with E-state index in [1.54, 1.807) is 0 Å². The van der Waals surface area contributed by atoms with Gasteiger partial charge in [-0.1, -0.05) is 183 Å². The zero-order chi connectivity index (χ0) is 46.7. The van der Waals surface area contributed by atoms with E-state index in [4.69, 9.17) is 4.98 Å². The van der Waals surface area contributed by atoms with Crippen LogP contribution in [-0.4, -0.2) is 9.55 Å². The molecule has 12 aromatic rings. The summed E-state index contributed by atoms with van der Waals surface area (Å²) in [7, 11) is 0. The number of fused-ring (bicyclic) bond motifs is 5. The van der Waals surface area contributed by atoms with Gasteiger partial charge in [0.05, 0.1) is 29.1 Å². The molecule has 10 aromatic carbocycles. The van der Waals surface area contributed by atoms with Crippen LogP contribution in [0.5, 0.6) is 0 Å². The van der Waals surface area contributed by atoms with Crippen molar-refractivity contribution in [2.45, 2.75) is 13.0 Å². The number of pyridine rings is 1. The Labute approximate surface area is 407 Å². The van der Waals surface area contributed by atoms with E-state index in [-0.39, 0.29) is 6.04 Å². The van der Waals surface area contributed by atoms with E-state index in [1.807, 2.05) is 12.3 Å². The lowest BCUT2D eigenvalue weighted by Gasteiger charge is -2.21. The second kappa shape index (κ2) is 16.9. The van der Waals surface area contributed by atoms with E-state index in [9.17, 15) is 0 Å². The van der Waals surface area contributed by atoms with Crippen molar-refractivity contribution < 1.29 is 0 Å². The van der Waals surface area contributed by atoms with E-state index < -0.39 is 0 Å². The minimum absolute atomic E-state index is 0.0666. The van der Waals surface area contributed by atoms with Crippen LogP contribution in [0.25, 0.3) is 116 Å². The third-order valence-electron chi connectivity index (χ3n) is 14.4. The zero-order valence-electron chi connectivity index (χ0n) is 38.8. The normalized spacial score (nSPS) is 13.6. The van der Waals surface area contributed by atoms with Crippen LogP contribution in [-0.2, 0) is 0 Å². The van der Waals surface area contributed by atoms with E-state index in [0.29, 0.717) is 0 Å². The Morgan fingerprint density at radius 2 is 0.986 bits per heavy atom. The summed E-state index contributed by atoms with van der Waals surface area (Å²) in [4.78, 5) is 5.00. The highest BCUT2D eigenvalue weighted by Gasteiger charge is 2.21. The Hall–Kier alpha value is -9.05. The number of benzene rings is 10. The first-order chi connectivity index (χ1) is 34.6. The number of nitrogens with one attached hydrogen (secondary N) is 1. The van der Waals surface area contributed by atoms with E-state index >= 15 is 0 Å². The maximum absolute atomic E-state index is 5.00. The second-order valence-corrected chi connectivity index (χ2v) is 18.5. The lowest BCUT2D eigenvalue weighted by molar-refractivity contribution is 0.722. The molecule has 0 radical (unpaired) electrons. The summed E-state index contributed by atoms with van der Waals surface area (Å²) in [6.45, 7) is 6.30. The molecule has 3 heteroatoms. The smallest absolute Gasteiger partial charge is 0.0868 e. The highest BCUT2D eigenvalue weighted by Crippen LogP contribution is 2.46. The summed E-state index contributed by atoms with van der Waals surface area (Å²) >= 11 is 0. The summed E-state index contributed by atoms with van der Waals surface area (Å²) in [5.74, 6) is 0. The molecule has 0 aliphatic carbocycles. The van der Waals surface area contributed by atoms with Crippen LogP contribution in [0.15, 0.2) is 243 Å². The predicted molar refractivity (Wildman–Crippen MR) is 297 cm³/mol. The number of rotatable bonds is 8. The predicted octanol–water partition coefficient (Wildman–Crippen LogP) is 17.5. The average molecular weight is 894 g/mol. The van der Waals surface area contributed by atoms with Crippen LogP contribution in [0.1, 0.15) is 28.6 Å². The summed E-state index contributed by atoms with van der Waals surface area (Å²) in [6, 6.07) is 77.6. The molecule has 13 rings (SSSR count). The van der Waals surface area contributed by atoms with Gasteiger partial charge < -0.3 is 9.88 Å². The molecule has 0 saturated carbocycles. The van der Waals surface area contributed by atoms with Crippen molar-refractivity contribution in [3.05, 3.63) is 266 Å². The van der Waals surface area contributed by atoms with Gasteiger partial charge in [-0.25, -0.2) is 0 Å². The molecule has 3 heterocycles. The monoisotopic (exact) mass is 893 g/mol. The van der Waals surface area contributed by atoms with Crippen molar-refractivity contribution >= 4 is 65.6 Å². The third-order valence-corrected chi connectivity index (χ3v) is 14.4. The lowest BCUT2D eigenvalue weighted by Crippen LogP contribution is -2.17. The largest absolute Gasteiger partial charge is 0.379 e. The molecule has 1 N–H and O–H groups in total. The SMILES string of the molecule is C=Cc1c(C)c2ccccc2n1-c1ccc(C2C=CC(c3ccc4c(-c5ccc6cc(-c7ccccc7)ccc6c5)c5ccccc5c(-c5ccc6cc(-c7ccccc7)ccc6c5)c4c3)=CN2)nc1. The first-order valence-corrected chi connectivity index (χ1v) is 24.1. The quantitative estimate of drug-likeness (QED) is 0.154. The van der Waals surface area contributed by atoms with Gasteiger partial charge in [0.2, 0.25) is 0 Å². The standard InChI is InChI=1S/C67H47N3/c1-3-64-43(2)57-18-12-13-21-65(57)70(64)56-32-35-63(69-42-56)62-34-31-55(41-68-62)52-30-33-60-61(40-52)67(54-29-27-49-37-47(23-25-51(49)39-54)45-16-8-5-9-17-45)59-20-11-10-19-58(59)66(60)53-28-26-48-36-46(22-24-50(48)38-53)44-14-6-4-7-15-44/h3-42,62,68H,1H2,2H3. The molecular formula is C67H47N3. The molecule has 0 spiro atoms. The molecule has 1 unspecified atom stereocenters. The maximum Gasteiger partial charge on any atom is 0.0868 e. The number of hydrogen-bond acceptors (Lipinski definition) is 2. The fourth-order valence-corrected chi connectivity index (χ4v) is 10.9. The minimum atomic E-state index is -0.0666. The van der Waals surface area contributed by atoms with Crippen molar-refractivity contribution in [3.8, 4) is 50.2 Å². The van der Waals surface area contributed by atoms with Gasteiger partial charge in [-0.2, -0.15) is 0 Å². The van der Waals surface area contributed by atoms with E-state index in [2.05, 4.69) is 254 Å². The van der Waals surface area contributed by atoms with Crippen molar-refractivity contribution in [3.63, 3.8) is 0 Å². The highest BCUT2D eigenvalue weighted by atomic mass is 15.0. The van der Waals surface area contributed by atoms with Gasteiger partial charge in [0.15, 0.2) is 0 Å². The van der Waals surface area contributed by atoms with Crippen molar-refractivity contribution in [2.24, 2.45) is 0 Å². The summed E-state index contributed by atoms with van der Waals surface area (Å²) < 4.78 is 2.25. The molecule has 1 aliphatic heterocycles. The maximum atomic E-state index is 5.00.